The van der Waals surface area contributed by atoms with E-state index < -0.39 is 0 Å². The van der Waals surface area contributed by atoms with Gasteiger partial charge in [-0.15, -0.1) is 5.10 Å². The first-order chi connectivity index (χ1) is 13.2. The Bertz CT molecular complexity index is 794. The van der Waals surface area contributed by atoms with Crippen LogP contribution in [0, 0.1) is 5.92 Å². The largest absolute Gasteiger partial charge is 0.349 e. The topological polar surface area (TPSA) is 83.9 Å². The van der Waals surface area contributed by atoms with E-state index in [9.17, 15) is 4.79 Å². The zero-order valence-electron chi connectivity index (χ0n) is 15.2. The van der Waals surface area contributed by atoms with E-state index in [2.05, 4.69) is 26.5 Å². The van der Waals surface area contributed by atoms with E-state index in [-0.39, 0.29) is 11.9 Å². The van der Waals surface area contributed by atoms with Crippen LogP contribution in [0.1, 0.15) is 48.2 Å². The summed E-state index contributed by atoms with van der Waals surface area (Å²) in [6.45, 7) is 1.07. The molecule has 1 aromatic carbocycles. The number of amides is 1. The summed E-state index contributed by atoms with van der Waals surface area (Å²) in [5.41, 5.74) is 8.03. The molecule has 1 saturated carbocycles. The molecule has 144 valence electrons. The number of benzene rings is 1. The van der Waals surface area contributed by atoms with E-state index in [1.165, 1.54) is 32.1 Å². The molecule has 1 aliphatic carbocycles. The van der Waals surface area contributed by atoms with Crippen molar-refractivity contribution >= 4 is 17.5 Å². The summed E-state index contributed by atoms with van der Waals surface area (Å²) in [5, 5.41) is 11.7. The molecule has 0 radical (unpaired) electrons. The predicted molar refractivity (Wildman–Crippen MR) is 103 cm³/mol. The molecule has 2 fully saturated rings. The fourth-order valence-corrected chi connectivity index (χ4v) is 4.29. The molecule has 2 heterocycles. The quantitative estimate of drug-likeness (QED) is 0.730. The smallest absolute Gasteiger partial charge is 0.273 e. The maximum Gasteiger partial charge on any atom is 0.273 e. The van der Waals surface area contributed by atoms with Crippen LogP contribution in [0.2, 0.25) is 5.02 Å². The minimum absolute atomic E-state index is 0.195. The molecule has 0 bridgehead atoms. The zero-order chi connectivity index (χ0) is 18.6. The van der Waals surface area contributed by atoms with Crippen molar-refractivity contribution in [2.45, 2.75) is 50.7 Å². The lowest BCUT2D eigenvalue weighted by molar-refractivity contribution is 0.0942. The summed E-state index contributed by atoms with van der Waals surface area (Å²) in [4.78, 5) is 12.5. The number of carbonyl (C=O) groups is 1. The van der Waals surface area contributed by atoms with E-state index in [0.29, 0.717) is 35.8 Å². The van der Waals surface area contributed by atoms with Crippen molar-refractivity contribution in [1.82, 2.24) is 31.2 Å². The lowest BCUT2D eigenvalue weighted by Crippen LogP contribution is -2.42. The van der Waals surface area contributed by atoms with Gasteiger partial charge in [0.1, 0.15) is 0 Å². The summed E-state index contributed by atoms with van der Waals surface area (Å²) < 4.78 is 1.63. The Labute approximate surface area is 163 Å². The Morgan fingerprint density at radius 1 is 1.22 bits per heavy atom. The van der Waals surface area contributed by atoms with Crippen molar-refractivity contribution in [2.24, 2.45) is 5.92 Å². The Hall–Kier alpha value is -1.96. The van der Waals surface area contributed by atoms with E-state index in [1.807, 2.05) is 24.3 Å². The van der Waals surface area contributed by atoms with Crippen LogP contribution in [0.15, 0.2) is 30.5 Å². The highest BCUT2D eigenvalue weighted by Crippen LogP contribution is 2.28. The Kier molecular flexibility index (Phi) is 5.71. The summed E-state index contributed by atoms with van der Waals surface area (Å²) >= 11 is 6.18. The number of hydrogen-bond acceptors (Lipinski definition) is 5. The van der Waals surface area contributed by atoms with Gasteiger partial charge < -0.3 is 5.32 Å². The number of carbonyl (C=O) groups excluding carboxylic acids is 1. The monoisotopic (exact) mass is 388 g/mol. The van der Waals surface area contributed by atoms with Gasteiger partial charge in [-0.25, -0.2) is 4.68 Å². The molecule has 1 aliphatic heterocycles. The molecule has 2 aliphatic rings. The fraction of sp³-hybridized carbons (Fsp3) is 0.526. The molecule has 27 heavy (non-hydrogen) atoms. The van der Waals surface area contributed by atoms with Gasteiger partial charge >= 0.3 is 0 Å². The third kappa shape index (κ3) is 4.31. The normalized spacial score (nSPS) is 25.0. The van der Waals surface area contributed by atoms with Crippen molar-refractivity contribution in [3.8, 4) is 0 Å². The van der Waals surface area contributed by atoms with Crippen molar-refractivity contribution < 1.29 is 4.79 Å². The van der Waals surface area contributed by atoms with E-state index >= 15 is 0 Å². The Balaban J connectivity index is 1.32. The number of fused-ring (bicyclic) bond motifs is 1. The minimum atomic E-state index is -0.195. The zero-order valence-corrected chi connectivity index (χ0v) is 16.0. The molecular weight excluding hydrogens is 364 g/mol. The molecule has 1 amide bonds. The summed E-state index contributed by atoms with van der Waals surface area (Å²) in [6, 6.07) is 8.36. The number of hydrazine groups is 1. The van der Waals surface area contributed by atoms with Gasteiger partial charge in [-0.05, 0) is 30.4 Å². The average molecular weight is 389 g/mol. The van der Waals surface area contributed by atoms with E-state index in [0.717, 1.165) is 5.56 Å². The van der Waals surface area contributed by atoms with Gasteiger partial charge in [-0.2, -0.15) is 0 Å². The molecule has 3 unspecified atom stereocenters. The van der Waals surface area contributed by atoms with Gasteiger partial charge in [0.15, 0.2) is 5.69 Å². The maximum atomic E-state index is 12.5. The molecule has 0 spiro atoms. The highest BCUT2D eigenvalue weighted by molar-refractivity contribution is 6.31. The van der Waals surface area contributed by atoms with Gasteiger partial charge in [0, 0.05) is 23.7 Å². The first-order valence-electron chi connectivity index (χ1n) is 9.63. The Morgan fingerprint density at radius 2 is 2.07 bits per heavy atom. The second-order valence-corrected chi connectivity index (χ2v) is 7.81. The predicted octanol–water partition coefficient (Wildman–Crippen LogP) is 2.13. The van der Waals surface area contributed by atoms with Crippen LogP contribution in [0.5, 0.6) is 0 Å². The van der Waals surface area contributed by atoms with Gasteiger partial charge in [0.2, 0.25) is 0 Å². The van der Waals surface area contributed by atoms with Crippen LogP contribution in [0.3, 0.4) is 0 Å². The Morgan fingerprint density at radius 3 is 2.96 bits per heavy atom. The second-order valence-electron chi connectivity index (χ2n) is 7.41. The van der Waals surface area contributed by atoms with Gasteiger partial charge in [0.25, 0.3) is 5.91 Å². The molecule has 3 N–H and O–H groups in total. The number of nitrogens with zero attached hydrogens (tertiary/aromatic N) is 3. The highest BCUT2D eigenvalue weighted by atomic mass is 35.5. The van der Waals surface area contributed by atoms with Crippen LogP contribution in [-0.4, -0.2) is 39.5 Å². The van der Waals surface area contributed by atoms with Crippen molar-refractivity contribution in [3.63, 3.8) is 0 Å². The number of halogens is 1. The number of aromatic nitrogens is 3. The minimum Gasteiger partial charge on any atom is -0.349 e. The third-order valence-corrected chi connectivity index (χ3v) is 5.95. The first kappa shape index (κ1) is 18.4. The average Bonchev–Trinajstić information content (AvgIpc) is 3.22. The molecule has 1 aromatic heterocycles. The maximum absolute atomic E-state index is 12.5. The SMILES string of the molecule is O=C(NCC1NNC2CCCCCC21)c1cn(Cc2ccccc2Cl)nn1. The van der Waals surface area contributed by atoms with Crippen LogP contribution < -0.4 is 16.2 Å². The van der Waals surface area contributed by atoms with Crippen LogP contribution in [-0.2, 0) is 6.54 Å². The molecule has 7 nitrogen and oxygen atoms in total. The van der Waals surface area contributed by atoms with E-state index in [4.69, 9.17) is 11.6 Å². The number of hydrogen-bond donors (Lipinski definition) is 3. The molecule has 8 heteroatoms. The number of nitrogens with one attached hydrogen (secondary N) is 3. The first-order valence-corrected chi connectivity index (χ1v) is 10.0. The highest BCUT2D eigenvalue weighted by Gasteiger charge is 2.36. The second kappa shape index (κ2) is 8.37. The van der Waals surface area contributed by atoms with Gasteiger partial charge in [-0.3, -0.25) is 15.6 Å². The van der Waals surface area contributed by atoms with E-state index in [1.54, 1.807) is 10.9 Å². The summed E-state index contributed by atoms with van der Waals surface area (Å²) in [6.07, 6.45) is 7.93. The van der Waals surface area contributed by atoms with Gasteiger partial charge in [0.05, 0.1) is 12.7 Å². The molecule has 3 atom stereocenters. The molecule has 4 rings (SSSR count). The van der Waals surface area contributed by atoms with Gasteiger partial charge in [-0.1, -0.05) is 54.3 Å². The molecule has 1 saturated heterocycles. The van der Waals surface area contributed by atoms with Crippen molar-refractivity contribution in [3.05, 3.63) is 46.7 Å². The van der Waals surface area contributed by atoms with Crippen molar-refractivity contribution in [1.29, 1.82) is 0 Å². The lowest BCUT2D eigenvalue weighted by atomic mass is 9.90. The fourth-order valence-electron chi connectivity index (χ4n) is 4.09. The van der Waals surface area contributed by atoms with Crippen LogP contribution in [0.25, 0.3) is 0 Å². The third-order valence-electron chi connectivity index (χ3n) is 5.58. The van der Waals surface area contributed by atoms with Crippen LogP contribution in [0.4, 0.5) is 0 Å². The molecule has 2 aromatic rings. The van der Waals surface area contributed by atoms with Crippen LogP contribution >= 0.6 is 11.6 Å². The lowest BCUT2D eigenvalue weighted by Gasteiger charge is -2.20. The summed E-state index contributed by atoms with van der Waals surface area (Å²) in [5.74, 6) is 0.378. The standard InChI is InChI=1S/C19H25ClN6O/c20-15-8-5-4-6-13(15)11-26-12-18(24-25-26)19(27)21-10-17-14-7-2-1-3-9-16(14)22-23-17/h4-6,8,12,14,16-17,22-23H,1-3,7,9-11H2,(H,21,27). The van der Waals surface area contributed by atoms with Crippen molar-refractivity contribution in [2.75, 3.05) is 6.54 Å². The number of rotatable bonds is 5. The molecular formula is C19H25ClN6O. The summed E-state index contributed by atoms with van der Waals surface area (Å²) in [7, 11) is 0.